The van der Waals surface area contributed by atoms with Crippen LogP contribution in [0.5, 0.6) is 0 Å². The van der Waals surface area contributed by atoms with E-state index in [4.69, 9.17) is 5.26 Å². The summed E-state index contributed by atoms with van der Waals surface area (Å²) in [5.41, 5.74) is 2.64. The average Bonchev–Trinajstić information content (AvgIpc) is 2.41. The van der Waals surface area contributed by atoms with Crippen LogP contribution in [-0.2, 0) is 16.6 Å². The molecule has 0 saturated heterocycles. The first-order chi connectivity index (χ1) is 9.11. The quantitative estimate of drug-likeness (QED) is 0.853. The second-order valence-electron chi connectivity index (χ2n) is 4.17. The van der Waals surface area contributed by atoms with Gasteiger partial charge in [-0.2, -0.15) is 5.26 Å². The molecule has 0 bridgehead atoms. The third-order valence-corrected chi connectivity index (χ3v) is 5.21. The van der Waals surface area contributed by atoms with Crippen molar-refractivity contribution in [2.75, 3.05) is 0 Å². The maximum Gasteiger partial charge on any atom is 0.0991 e. The molecule has 0 aliphatic heterocycles. The van der Waals surface area contributed by atoms with Crippen LogP contribution in [0.3, 0.4) is 0 Å². The van der Waals surface area contributed by atoms with Crippen molar-refractivity contribution >= 4 is 26.7 Å². The maximum atomic E-state index is 12.4. The minimum atomic E-state index is -1.09. The highest BCUT2D eigenvalue weighted by atomic mass is 79.9. The van der Waals surface area contributed by atoms with Gasteiger partial charge in [-0.3, -0.25) is 4.21 Å². The Balaban J connectivity index is 2.25. The molecule has 2 nitrogen and oxygen atoms in total. The van der Waals surface area contributed by atoms with Crippen LogP contribution in [0.15, 0.2) is 51.8 Å². The molecule has 0 amide bonds. The van der Waals surface area contributed by atoms with Gasteiger partial charge >= 0.3 is 0 Å². The molecule has 19 heavy (non-hydrogen) atoms. The van der Waals surface area contributed by atoms with Gasteiger partial charge in [0.2, 0.25) is 0 Å². The van der Waals surface area contributed by atoms with E-state index in [1.807, 2.05) is 43.3 Å². The van der Waals surface area contributed by atoms with Crippen LogP contribution in [0.25, 0.3) is 0 Å². The van der Waals surface area contributed by atoms with E-state index in [0.717, 1.165) is 20.5 Å². The summed E-state index contributed by atoms with van der Waals surface area (Å²) in [5, 5.41) is 8.83. The van der Waals surface area contributed by atoms with E-state index in [-0.39, 0.29) is 0 Å². The topological polar surface area (TPSA) is 40.9 Å². The Morgan fingerprint density at radius 1 is 1.26 bits per heavy atom. The van der Waals surface area contributed by atoms with Gasteiger partial charge < -0.3 is 0 Å². The molecule has 0 aliphatic carbocycles. The van der Waals surface area contributed by atoms with E-state index >= 15 is 0 Å². The number of benzene rings is 2. The number of aryl methyl sites for hydroxylation is 1. The van der Waals surface area contributed by atoms with Gasteiger partial charge in [0.1, 0.15) is 0 Å². The Hall–Kier alpha value is -1.44. The smallest absolute Gasteiger partial charge is 0.0991 e. The van der Waals surface area contributed by atoms with Gasteiger partial charge in [0.05, 0.1) is 33.1 Å². The molecule has 2 aromatic carbocycles. The van der Waals surface area contributed by atoms with E-state index in [0.29, 0.717) is 11.3 Å². The molecule has 0 N–H and O–H groups in total. The van der Waals surface area contributed by atoms with Crippen molar-refractivity contribution in [3.63, 3.8) is 0 Å². The van der Waals surface area contributed by atoms with Gasteiger partial charge in [0, 0.05) is 4.47 Å². The first-order valence-corrected chi connectivity index (χ1v) is 7.85. The lowest BCUT2D eigenvalue weighted by Gasteiger charge is -2.07. The van der Waals surface area contributed by atoms with Crippen LogP contribution in [0.4, 0.5) is 0 Å². The Morgan fingerprint density at radius 2 is 2.00 bits per heavy atom. The van der Waals surface area contributed by atoms with Crippen molar-refractivity contribution in [1.82, 2.24) is 0 Å². The molecule has 0 aliphatic rings. The minimum absolute atomic E-state index is 0.458. The molecular formula is C15H12BrNOS. The number of hydrogen-bond acceptors (Lipinski definition) is 2. The third-order valence-electron chi connectivity index (χ3n) is 2.84. The van der Waals surface area contributed by atoms with Crippen molar-refractivity contribution in [1.29, 1.82) is 5.26 Å². The predicted molar refractivity (Wildman–Crippen MR) is 80.1 cm³/mol. The zero-order chi connectivity index (χ0) is 13.8. The standard InChI is InChI=1S/C15H12BrNOS/c1-11-8-12(9-17)6-7-13(11)10-19(18)15-5-3-2-4-14(15)16/h2-8H,10H2,1H3. The van der Waals surface area contributed by atoms with Crippen molar-refractivity contribution in [2.24, 2.45) is 0 Å². The lowest BCUT2D eigenvalue weighted by molar-refractivity contribution is 0.682. The molecule has 4 heteroatoms. The van der Waals surface area contributed by atoms with Crippen LogP contribution < -0.4 is 0 Å². The summed E-state index contributed by atoms with van der Waals surface area (Å²) >= 11 is 3.42. The number of rotatable bonds is 3. The first kappa shape index (κ1) is 14.0. The van der Waals surface area contributed by atoms with E-state index in [1.54, 1.807) is 6.07 Å². The number of halogens is 1. The second-order valence-corrected chi connectivity index (χ2v) is 6.45. The summed E-state index contributed by atoms with van der Waals surface area (Å²) in [5.74, 6) is 0.458. The minimum Gasteiger partial charge on any atom is -0.254 e. The summed E-state index contributed by atoms with van der Waals surface area (Å²) < 4.78 is 13.2. The van der Waals surface area contributed by atoms with E-state index in [9.17, 15) is 4.21 Å². The second kappa shape index (κ2) is 6.14. The van der Waals surface area contributed by atoms with Gasteiger partial charge in [-0.05, 0) is 58.2 Å². The van der Waals surface area contributed by atoms with E-state index < -0.39 is 10.8 Å². The lowest BCUT2D eigenvalue weighted by Crippen LogP contribution is -1.99. The normalized spacial score (nSPS) is 11.8. The lowest BCUT2D eigenvalue weighted by atomic mass is 10.1. The van der Waals surface area contributed by atoms with Gasteiger partial charge in [-0.25, -0.2) is 0 Å². The summed E-state index contributed by atoms with van der Waals surface area (Å²) in [7, 11) is -1.09. The molecule has 96 valence electrons. The number of nitriles is 1. The summed E-state index contributed by atoms with van der Waals surface area (Å²) in [4.78, 5) is 0.797. The predicted octanol–water partition coefficient (Wildman–Crippen LogP) is 3.94. The molecule has 0 aromatic heterocycles. The van der Waals surface area contributed by atoms with Crippen molar-refractivity contribution in [3.05, 3.63) is 63.6 Å². The Labute approximate surface area is 123 Å². The van der Waals surface area contributed by atoms with Gasteiger partial charge in [-0.1, -0.05) is 18.2 Å². The number of hydrogen-bond donors (Lipinski definition) is 0. The summed E-state index contributed by atoms with van der Waals surface area (Å²) in [6.07, 6.45) is 0. The highest BCUT2D eigenvalue weighted by molar-refractivity contribution is 9.10. The summed E-state index contributed by atoms with van der Waals surface area (Å²) in [6, 6.07) is 15.1. The monoisotopic (exact) mass is 333 g/mol. The molecule has 2 aromatic rings. The molecule has 2 rings (SSSR count). The van der Waals surface area contributed by atoms with Crippen LogP contribution in [0, 0.1) is 18.3 Å². The molecular weight excluding hydrogens is 322 g/mol. The molecule has 0 saturated carbocycles. The largest absolute Gasteiger partial charge is 0.254 e. The van der Waals surface area contributed by atoms with Gasteiger partial charge in [0.15, 0.2) is 0 Å². The fraction of sp³-hybridized carbons (Fsp3) is 0.133. The highest BCUT2D eigenvalue weighted by Crippen LogP contribution is 2.23. The SMILES string of the molecule is Cc1cc(C#N)ccc1CS(=O)c1ccccc1Br. The Bertz CT molecular complexity index is 676. The summed E-state index contributed by atoms with van der Waals surface area (Å²) in [6.45, 7) is 1.94. The molecule has 0 spiro atoms. The van der Waals surface area contributed by atoms with Crippen LogP contribution >= 0.6 is 15.9 Å². The molecule has 1 unspecified atom stereocenters. The molecule has 0 fully saturated rings. The molecule has 0 heterocycles. The Morgan fingerprint density at radius 3 is 2.63 bits per heavy atom. The van der Waals surface area contributed by atoms with Gasteiger partial charge in [-0.15, -0.1) is 0 Å². The van der Waals surface area contributed by atoms with Crippen LogP contribution in [0.2, 0.25) is 0 Å². The molecule has 0 radical (unpaired) electrons. The van der Waals surface area contributed by atoms with E-state index in [1.165, 1.54) is 0 Å². The van der Waals surface area contributed by atoms with Crippen molar-refractivity contribution in [3.8, 4) is 6.07 Å². The van der Waals surface area contributed by atoms with Crippen LogP contribution in [-0.4, -0.2) is 4.21 Å². The van der Waals surface area contributed by atoms with E-state index in [2.05, 4.69) is 22.0 Å². The van der Waals surface area contributed by atoms with Gasteiger partial charge in [0.25, 0.3) is 0 Å². The van der Waals surface area contributed by atoms with Crippen molar-refractivity contribution < 1.29 is 4.21 Å². The molecule has 1 atom stereocenters. The first-order valence-electron chi connectivity index (χ1n) is 5.74. The zero-order valence-electron chi connectivity index (χ0n) is 10.4. The highest BCUT2D eigenvalue weighted by Gasteiger charge is 2.10. The third kappa shape index (κ3) is 3.31. The number of nitrogens with zero attached hydrogens (tertiary/aromatic N) is 1. The van der Waals surface area contributed by atoms with Crippen LogP contribution in [0.1, 0.15) is 16.7 Å². The fourth-order valence-corrected chi connectivity index (χ4v) is 3.88. The fourth-order valence-electron chi connectivity index (χ4n) is 1.78. The zero-order valence-corrected chi connectivity index (χ0v) is 12.8. The van der Waals surface area contributed by atoms with Crippen molar-refractivity contribution in [2.45, 2.75) is 17.6 Å². The Kier molecular flexibility index (Phi) is 4.52. The average molecular weight is 334 g/mol. The maximum absolute atomic E-state index is 12.4.